The molecule has 8 heteroatoms. The molecule has 1 aliphatic heterocycles. The molecule has 0 fully saturated rings. The highest BCUT2D eigenvalue weighted by Gasteiger charge is 2.42. The number of aromatic amines is 1. The van der Waals surface area contributed by atoms with E-state index in [0.717, 1.165) is 21.7 Å². The Morgan fingerprint density at radius 1 is 1.25 bits per heavy atom. The van der Waals surface area contributed by atoms with E-state index in [9.17, 15) is 9.59 Å². The van der Waals surface area contributed by atoms with Crippen LogP contribution in [0.3, 0.4) is 0 Å². The molecule has 1 atom stereocenters. The summed E-state index contributed by atoms with van der Waals surface area (Å²) in [6.45, 7) is 0.865. The molecule has 0 spiro atoms. The van der Waals surface area contributed by atoms with Gasteiger partial charge in [-0.05, 0) is 29.1 Å². The van der Waals surface area contributed by atoms with Crippen molar-refractivity contribution in [3.05, 3.63) is 64.2 Å². The molecule has 2 aromatic heterocycles. The minimum atomic E-state index is -0.395. The number of nitrogens with zero attached hydrogens (tertiary/aromatic N) is 2. The van der Waals surface area contributed by atoms with Crippen molar-refractivity contribution in [1.29, 1.82) is 0 Å². The molecule has 0 saturated heterocycles. The van der Waals surface area contributed by atoms with Crippen LogP contribution < -0.4 is 0 Å². The van der Waals surface area contributed by atoms with Gasteiger partial charge in [0.25, 0.3) is 5.91 Å². The maximum atomic E-state index is 13.0. The Kier molecular flexibility index (Phi) is 4.97. The number of ether oxygens (including phenoxy) is 2. The molecule has 7 nitrogen and oxygen atoms in total. The Morgan fingerprint density at radius 2 is 2.04 bits per heavy atom. The number of hydrogen-bond donors (Lipinski definition) is 1. The zero-order chi connectivity index (χ0) is 19.7. The molecule has 0 saturated carbocycles. The number of thiophene rings is 1. The summed E-state index contributed by atoms with van der Waals surface area (Å²) in [6.07, 6.45) is 0. The average Bonchev–Trinajstić information content (AvgIpc) is 3.44. The van der Waals surface area contributed by atoms with E-state index in [2.05, 4.69) is 10.2 Å². The highest BCUT2D eigenvalue weighted by molar-refractivity contribution is 7.13. The predicted octanol–water partition coefficient (Wildman–Crippen LogP) is 3.12. The van der Waals surface area contributed by atoms with Crippen LogP contribution in [0.1, 0.15) is 38.0 Å². The number of esters is 1. The second-order valence-electron chi connectivity index (χ2n) is 6.35. The van der Waals surface area contributed by atoms with Crippen LogP contribution in [0.15, 0.2) is 41.8 Å². The van der Waals surface area contributed by atoms with E-state index >= 15 is 0 Å². The average molecular weight is 397 g/mol. The van der Waals surface area contributed by atoms with Crippen LogP contribution in [0, 0.1) is 0 Å². The largest absolute Gasteiger partial charge is 0.465 e. The monoisotopic (exact) mass is 397 g/mol. The number of H-pyrrole nitrogens is 1. The molecule has 144 valence electrons. The standard InChI is InChI=1S/C20H19N3O4S/c1-26-10-9-23-18(12-5-7-13(8-6-12)20(25)27-2)15-16(14-4-3-11-28-14)21-22-17(15)19(23)24/h3-8,11,18H,9-10H2,1-2H3,(H,21,22)/t18-/m0/s1. The zero-order valence-corrected chi connectivity index (χ0v) is 16.3. The smallest absolute Gasteiger partial charge is 0.337 e. The lowest BCUT2D eigenvalue weighted by atomic mass is 9.97. The highest BCUT2D eigenvalue weighted by atomic mass is 32.1. The molecule has 1 amide bonds. The van der Waals surface area contributed by atoms with Gasteiger partial charge in [0.2, 0.25) is 0 Å². The van der Waals surface area contributed by atoms with Crippen molar-refractivity contribution in [3.8, 4) is 10.6 Å². The third-order valence-corrected chi connectivity index (χ3v) is 5.69. The lowest BCUT2D eigenvalue weighted by molar-refractivity contribution is 0.0599. The number of aromatic nitrogens is 2. The van der Waals surface area contributed by atoms with E-state index in [-0.39, 0.29) is 11.9 Å². The fourth-order valence-electron chi connectivity index (χ4n) is 3.48. The number of hydrogen-bond acceptors (Lipinski definition) is 6. The van der Waals surface area contributed by atoms with E-state index in [4.69, 9.17) is 9.47 Å². The number of carbonyl (C=O) groups is 2. The first kappa shape index (κ1) is 18.4. The van der Waals surface area contributed by atoms with Gasteiger partial charge in [0.1, 0.15) is 0 Å². The minimum Gasteiger partial charge on any atom is -0.465 e. The molecule has 4 rings (SSSR count). The summed E-state index contributed by atoms with van der Waals surface area (Å²) in [5, 5.41) is 9.32. The van der Waals surface area contributed by atoms with Gasteiger partial charge in [-0.2, -0.15) is 5.10 Å². The molecule has 3 heterocycles. The predicted molar refractivity (Wildman–Crippen MR) is 104 cm³/mol. The number of amides is 1. The maximum absolute atomic E-state index is 13.0. The van der Waals surface area contributed by atoms with E-state index in [1.807, 2.05) is 29.6 Å². The van der Waals surface area contributed by atoms with Gasteiger partial charge in [-0.1, -0.05) is 18.2 Å². The van der Waals surface area contributed by atoms with Crippen LogP contribution in [0.5, 0.6) is 0 Å². The Bertz CT molecular complexity index is 995. The van der Waals surface area contributed by atoms with Crippen molar-refractivity contribution >= 4 is 23.2 Å². The zero-order valence-electron chi connectivity index (χ0n) is 15.5. The molecule has 3 aromatic rings. The van der Waals surface area contributed by atoms with E-state index in [1.54, 1.807) is 35.5 Å². The fourth-order valence-corrected chi connectivity index (χ4v) is 4.22. The molecule has 0 unspecified atom stereocenters. The summed E-state index contributed by atoms with van der Waals surface area (Å²) in [4.78, 5) is 27.5. The molecule has 1 aliphatic rings. The lowest BCUT2D eigenvalue weighted by Gasteiger charge is -2.26. The SMILES string of the molecule is COCCN1C(=O)c2n[nH]c(-c3cccs3)c2[C@@H]1c1ccc(C(=O)OC)cc1. The molecular weight excluding hydrogens is 378 g/mol. The molecule has 0 aliphatic carbocycles. The van der Waals surface area contributed by atoms with Crippen LogP contribution >= 0.6 is 11.3 Å². The van der Waals surface area contributed by atoms with E-state index in [1.165, 1.54) is 7.11 Å². The summed E-state index contributed by atoms with van der Waals surface area (Å²) < 4.78 is 9.97. The van der Waals surface area contributed by atoms with Crippen LogP contribution in [-0.4, -0.2) is 54.3 Å². The van der Waals surface area contributed by atoms with Gasteiger partial charge in [-0.25, -0.2) is 4.79 Å². The topological polar surface area (TPSA) is 84.5 Å². The van der Waals surface area contributed by atoms with Gasteiger partial charge >= 0.3 is 5.97 Å². The molecule has 28 heavy (non-hydrogen) atoms. The van der Waals surface area contributed by atoms with Crippen LogP contribution in [0.4, 0.5) is 0 Å². The van der Waals surface area contributed by atoms with Crippen molar-refractivity contribution in [2.24, 2.45) is 0 Å². The highest BCUT2D eigenvalue weighted by Crippen LogP contribution is 2.43. The summed E-state index contributed by atoms with van der Waals surface area (Å²) in [5.41, 5.74) is 3.50. The number of rotatable bonds is 6. The van der Waals surface area contributed by atoms with Crippen molar-refractivity contribution in [2.45, 2.75) is 6.04 Å². The number of nitrogens with one attached hydrogen (secondary N) is 1. The first-order chi connectivity index (χ1) is 13.7. The Hall–Kier alpha value is -2.97. The minimum absolute atomic E-state index is 0.131. The number of methoxy groups -OCH3 is 2. The first-order valence-electron chi connectivity index (χ1n) is 8.76. The van der Waals surface area contributed by atoms with Gasteiger partial charge < -0.3 is 14.4 Å². The van der Waals surface area contributed by atoms with Gasteiger partial charge in [0.15, 0.2) is 5.69 Å². The maximum Gasteiger partial charge on any atom is 0.337 e. The van der Waals surface area contributed by atoms with Gasteiger partial charge in [-0.15, -0.1) is 11.3 Å². The van der Waals surface area contributed by atoms with Crippen LogP contribution in [0.2, 0.25) is 0 Å². The van der Waals surface area contributed by atoms with Crippen LogP contribution in [0.25, 0.3) is 10.6 Å². The van der Waals surface area contributed by atoms with Crippen molar-refractivity contribution in [1.82, 2.24) is 15.1 Å². The van der Waals surface area contributed by atoms with Gasteiger partial charge in [0, 0.05) is 19.2 Å². The lowest BCUT2D eigenvalue weighted by Crippen LogP contribution is -2.32. The molecule has 0 bridgehead atoms. The van der Waals surface area contributed by atoms with E-state index < -0.39 is 5.97 Å². The Labute approximate surface area is 165 Å². The van der Waals surface area contributed by atoms with Gasteiger partial charge in [0.05, 0.1) is 35.9 Å². The molecular formula is C20H19N3O4S. The van der Waals surface area contributed by atoms with Crippen LogP contribution in [-0.2, 0) is 9.47 Å². The second kappa shape index (κ2) is 7.57. The third-order valence-electron chi connectivity index (χ3n) is 4.80. The Morgan fingerprint density at radius 3 is 2.68 bits per heavy atom. The van der Waals surface area contributed by atoms with Crippen molar-refractivity contribution in [3.63, 3.8) is 0 Å². The molecule has 0 radical (unpaired) electrons. The Balaban J connectivity index is 1.80. The normalized spacial score (nSPS) is 15.7. The van der Waals surface area contributed by atoms with Crippen molar-refractivity contribution in [2.75, 3.05) is 27.4 Å². The number of carbonyl (C=O) groups excluding carboxylic acids is 2. The number of fused-ring (bicyclic) bond motifs is 1. The summed E-state index contributed by atoms with van der Waals surface area (Å²) in [5.74, 6) is -0.526. The summed E-state index contributed by atoms with van der Waals surface area (Å²) in [7, 11) is 2.96. The molecule has 1 aromatic carbocycles. The number of benzene rings is 1. The summed E-state index contributed by atoms with van der Waals surface area (Å²) in [6, 6.07) is 10.8. The van der Waals surface area contributed by atoms with Gasteiger partial charge in [-0.3, -0.25) is 9.89 Å². The fraction of sp³-hybridized carbons (Fsp3) is 0.250. The summed E-state index contributed by atoms with van der Waals surface area (Å²) >= 11 is 1.59. The van der Waals surface area contributed by atoms with Crippen molar-refractivity contribution < 1.29 is 19.1 Å². The third kappa shape index (κ3) is 3.00. The second-order valence-corrected chi connectivity index (χ2v) is 7.29. The van der Waals surface area contributed by atoms with E-state index in [0.29, 0.717) is 24.4 Å². The quantitative estimate of drug-likeness (QED) is 0.646. The molecule has 1 N–H and O–H groups in total. The first-order valence-corrected chi connectivity index (χ1v) is 9.64.